The Morgan fingerprint density at radius 1 is 1.41 bits per heavy atom. The Labute approximate surface area is 108 Å². The lowest BCUT2D eigenvalue weighted by atomic mass is 10.2. The highest BCUT2D eigenvalue weighted by Gasteiger charge is 2.12. The van der Waals surface area contributed by atoms with Crippen LogP contribution < -0.4 is 10.2 Å². The Hall–Kier alpha value is -0.740. The van der Waals surface area contributed by atoms with Crippen LogP contribution in [-0.4, -0.2) is 35.6 Å². The molecule has 1 fully saturated rings. The van der Waals surface area contributed by atoms with E-state index in [0.717, 1.165) is 25.5 Å². The van der Waals surface area contributed by atoms with Gasteiger partial charge >= 0.3 is 0 Å². The molecule has 4 heteroatoms. The summed E-state index contributed by atoms with van der Waals surface area (Å²) >= 11 is 2.03. The van der Waals surface area contributed by atoms with E-state index in [9.17, 15) is 0 Å². The van der Waals surface area contributed by atoms with Crippen molar-refractivity contribution >= 4 is 17.6 Å². The van der Waals surface area contributed by atoms with E-state index in [1.807, 2.05) is 18.0 Å². The summed E-state index contributed by atoms with van der Waals surface area (Å²) < 4.78 is 0. The fraction of sp³-hybridized carbons (Fsp3) is 0.615. The number of aromatic nitrogens is 1. The molecule has 1 aromatic rings. The van der Waals surface area contributed by atoms with Crippen LogP contribution >= 0.6 is 11.8 Å². The van der Waals surface area contributed by atoms with Crippen molar-refractivity contribution in [1.29, 1.82) is 0 Å². The van der Waals surface area contributed by atoms with E-state index in [1.54, 1.807) is 0 Å². The van der Waals surface area contributed by atoms with Gasteiger partial charge in [0.1, 0.15) is 5.82 Å². The van der Waals surface area contributed by atoms with Crippen LogP contribution in [-0.2, 0) is 6.54 Å². The van der Waals surface area contributed by atoms with E-state index < -0.39 is 0 Å². The lowest BCUT2D eigenvalue weighted by Crippen LogP contribution is -2.33. The second kappa shape index (κ2) is 6.26. The van der Waals surface area contributed by atoms with E-state index >= 15 is 0 Å². The van der Waals surface area contributed by atoms with Crippen molar-refractivity contribution in [3.8, 4) is 0 Å². The molecule has 0 aliphatic carbocycles. The SMILES string of the molecule is CC(C)NCc1ccnc(N2CCSCC2)c1. The summed E-state index contributed by atoms with van der Waals surface area (Å²) in [5.74, 6) is 3.57. The Balaban J connectivity index is 2.00. The molecule has 0 bridgehead atoms. The zero-order valence-corrected chi connectivity index (χ0v) is 11.5. The van der Waals surface area contributed by atoms with Crippen LogP contribution in [0.25, 0.3) is 0 Å². The summed E-state index contributed by atoms with van der Waals surface area (Å²) in [6, 6.07) is 4.83. The monoisotopic (exact) mass is 251 g/mol. The zero-order chi connectivity index (χ0) is 12.1. The second-order valence-corrected chi connectivity index (χ2v) is 5.88. The molecule has 0 unspecified atom stereocenters. The maximum absolute atomic E-state index is 4.48. The third-order valence-corrected chi connectivity index (χ3v) is 3.80. The van der Waals surface area contributed by atoms with Crippen LogP contribution in [0.2, 0.25) is 0 Å². The molecule has 1 N–H and O–H groups in total. The lowest BCUT2D eigenvalue weighted by molar-refractivity contribution is 0.588. The highest BCUT2D eigenvalue weighted by molar-refractivity contribution is 7.99. The normalized spacial score (nSPS) is 16.5. The molecule has 1 aliphatic rings. The van der Waals surface area contributed by atoms with Gasteiger partial charge in [0, 0.05) is 43.4 Å². The summed E-state index contributed by atoms with van der Waals surface area (Å²) in [7, 11) is 0. The highest BCUT2D eigenvalue weighted by atomic mass is 32.2. The molecule has 0 amide bonds. The number of thioether (sulfide) groups is 1. The summed E-state index contributed by atoms with van der Waals surface area (Å²) in [5, 5.41) is 3.44. The van der Waals surface area contributed by atoms with Gasteiger partial charge in [-0.1, -0.05) is 13.8 Å². The van der Waals surface area contributed by atoms with Crippen molar-refractivity contribution in [2.75, 3.05) is 29.5 Å². The van der Waals surface area contributed by atoms with Crippen LogP contribution in [0.5, 0.6) is 0 Å². The lowest BCUT2D eigenvalue weighted by Gasteiger charge is -2.27. The predicted molar refractivity (Wildman–Crippen MR) is 75.8 cm³/mol. The Kier molecular flexibility index (Phi) is 4.68. The number of nitrogens with zero attached hydrogens (tertiary/aromatic N) is 2. The summed E-state index contributed by atoms with van der Waals surface area (Å²) in [6.07, 6.45) is 1.93. The van der Waals surface area contributed by atoms with Gasteiger partial charge in [-0.3, -0.25) is 0 Å². The van der Waals surface area contributed by atoms with Crippen LogP contribution in [0.4, 0.5) is 5.82 Å². The van der Waals surface area contributed by atoms with Gasteiger partial charge in [0.2, 0.25) is 0 Å². The smallest absolute Gasteiger partial charge is 0.128 e. The van der Waals surface area contributed by atoms with E-state index in [-0.39, 0.29) is 0 Å². The number of hydrogen-bond donors (Lipinski definition) is 1. The Morgan fingerprint density at radius 3 is 2.88 bits per heavy atom. The van der Waals surface area contributed by atoms with Crippen molar-refractivity contribution < 1.29 is 0 Å². The van der Waals surface area contributed by atoms with E-state index in [0.29, 0.717) is 6.04 Å². The molecule has 17 heavy (non-hydrogen) atoms. The predicted octanol–water partition coefficient (Wildman–Crippen LogP) is 2.13. The van der Waals surface area contributed by atoms with Gasteiger partial charge in [0.15, 0.2) is 0 Å². The highest BCUT2D eigenvalue weighted by Crippen LogP contribution is 2.17. The zero-order valence-electron chi connectivity index (χ0n) is 10.6. The molecule has 0 radical (unpaired) electrons. The topological polar surface area (TPSA) is 28.2 Å². The first-order chi connectivity index (χ1) is 8.25. The minimum absolute atomic E-state index is 0.526. The van der Waals surface area contributed by atoms with Crippen LogP contribution in [0.1, 0.15) is 19.4 Å². The molecule has 0 saturated carbocycles. The maximum Gasteiger partial charge on any atom is 0.128 e. The maximum atomic E-state index is 4.48. The molecule has 2 heterocycles. The first-order valence-corrected chi connectivity index (χ1v) is 7.42. The van der Waals surface area contributed by atoms with Gasteiger partial charge in [-0.15, -0.1) is 0 Å². The summed E-state index contributed by atoms with van der Waals surface area (Å²) in [6.45, 7) is 7.52. The minimum atomic E-state index is 0.526. The summed E-state index contributed by atoms with van der Waals surface area (Å²) in [4.78, 5) is 6.86. The molecule has 94 valence electrons. The van der Waals surface area contributed by atoms with Gasteiger partial charge in [-0.05, 0) is 17.7 Å². The Bertz CT molecular complexity index is 348. The van der Waals surface area contributed by atoms with Crippen LogP contribution in [0.15, 0.2) is 18.3 Å². The minimum Gasteiger partial charge on any atom is -0.355 e. The average Bonchev–Trinajstić information content (AvgIpc) is 2.38. The standard InChI is InChI=1S/C13H21N3S/c1-11(2)15-10-12-3-4-14-13(9-12)16-5-7-17-8-6-16/h3-4,9,11,15H,5-8,10H2,1-2H3. The first-order valence-electron chi connectivity index (χ1n) is 6.27. The molecular formula is C13H21N3S. The molecule has 3 nitrogen and oxygen atoms in total. The number of hydrogen-bond acceptors (Lipinski definition) is 4. The first kappa shape index (κ1) is 12.7. The average molecular weight is 251 g/mol. The van der Waals surface area contributed by atoms with Crippen molar-refractivity contribution in [2.45, 2.75) is 26.4 Å². The van der Waals surface area contributed by atoms with Crippen LogP contribution in [0, 0.1) is 0 Å². The Morgan fingerprint density at radius 2 is 2.18 bits per heavy atom. The largest absolute Gasteiger partial charge is 0.355 e. The van der Waals surface area contributed by atoms with Gasteiger partial charge in [-0.25, -0.2) is 4.98 Å². The molecule has 0 atom stereocenters. The molecular weight excluding hydrogens is 230 g/mol. The van der Waals surface area contributed by atoms with E-state index in [2.05, 4.69) is 41.2 Å². The van der Waals surface area contributed by atoms with Gasteiger partial charge < -0.3 is 10.2 Å². The number of rotatable bonds is 4. The number of nitrogens with one attached hydrogen (secondary N) is 1. The van der Waals surface area contributed by atoms with Crippen molar-refractivity contribution in [2.24, 2.45) is 0 Å². The molecule has 1 aromatic heterocycles. The number of anilines is 1. The quantitative estimate of drug-likeness (QED) is 0.887. The van der Waals surface area contributed by atoms with E-state index in [4.69, 9.17) is 0 Å². The molecule has 2 rings (SSSR count). The molecule has 0 aromatic carbocycles. The number of pyridine rings is 1. The van der Waals surface area contributed by atoms with E-state index in [1.165, 1.54) is 17.1 Å². The molecule has 1 saturated heterocycles. The summed E-state index contributed by atoms with van der Waals surface area (Å²) in [5.41, 5.74) is 1.32. The van der Waals surface area contributed by atoms with Crippen molar-refractivity contribution in [3.63, 3.8) is 0 Å². The van der Waals surface area contributed by atoms with Crippen molar-refractivity contribution in [3.05, 3.63) is 23.9 Å². The van der Waals surface area contributed by atoms with Crippen molar-refractivity contribution in [1.82, 2.24) is 10.3 Å². The fourth-order valence-corrected chi connectivity index (χ4v) is 2.76. The van der Waals surface area contributed by atoms with Gasteiger partial charge in [0.05, 0.1) is 0 Å². The second-order valence-electron chi connectivity index (χ2n) is 4.66. The third kappa shape index (κ3) is 3.89. The van der Waals surface area contributed by atoms with Crippen LogP contribution in [0.3, 0.4) is 0 Å². The fourth-order valence-electron chi connectivity index (χ4n) is 1.86. The third-order valence-electron chi connectivity index (χ3n) is 2.86. The van der Waals surface area contributed by atoms with Gasteiger partial charge in [-0.2, -0.15) is 11.8 Å². The molecule has 0 spiro atoms. The van der Waals surface area contributed by atoms with Gasteiger partial charge in [0.25, 0.3) is 0 Å². The molecule has 1 aliphatic heterocycles.